The highest BCUT2D eigenvalue weighted by Gasteiger charge is 2.20. The van der Waals surface area contributed by atoms with E-state index in [1.165, 1.54) is 32.1 Å². The topological polar surface area (TPSA) is 9.23 Å². The highest BCUT2D eigenvalue weighted by atomic mass is 35.5. The molecule has 0 aromatic rings. The Morgan fingerprint density at radius 2 is 1.93 bits per heavy atom. The Balaban J connectivity index is 2.13. The average Bonchev–Trinajstić information content (AvgIpc) is 2.39. The first-order valence-electron chi connectivity index (χ1n) is 6.06. The van der Waals surface area contributed by atoms with Crippen LogP contribution in [0.25, 0.3) is 0 Å². The van der Waals surface area contributed by atoms with Crippen molar-refractivity contribution in [2.45, 2.75) is 57.2 Å². The van der Waals surface area contributed by atoms with Crippen molar-refractivity contribution in [1.82, 2.24) is 0 Å². The van der Waals surface area contributed by atoms with E-state index in [-0.39, 0.29) is 0 Å². The van der Waals surface area contributed by atoms with Crippen molar-refractivity contribution in [3.63, 3.8) is 0 Å². The lowest BCUT2D eigenvalue weighted by Gasteiger charge is -2.19. The van der Waals surface area contributed by atoms with Gasteiger partial charge in [0.2, 0.25) is 0 Å². The van der Waals surface area contributed by atoms with E-state index in [1.54, 1.807) is 0 Å². The average molecular weight is 219 g/mol. The van der Waals surface area contributed by atoms with Gasteiger partial charge in [0.15, 0.2) is 0 Å². The predicted molar refractivity (Wildman–Crippen MR) is 61.9 cm³/mol. The molecule has 0 aromatic heterocycles. The molecule has 0 aliphatic heterocycles. The molecule has 0 saturated heterocycles. The highest BCUT2D eigenvalue weighted by molar-refractivity contribution is 6.20. The summed E-state index contributed by atoms with van der Waals surface area (Å²) < 4.78 is 5.52. The van der Waals surface area contributed by atoms with E-state index in [1.807, 2.05) is 0 Å². The number of alkyl halides is 1. The lowest BCUT2D eigenvalue weighted by atomic mass is 9.97. The molecule has 2 heteroatoms. The van der Waals surface area contributed by atoms with Crippen molar-refractivity contribution >= 4 is 11.6 Å². The van der Waals surface area contributed by atoms with E-state index in [2.05, 4.69) is 6.92 Å². The zero-order chi connectivity index (χ0) is 10.2. The molecule has 0 heterocycles. The quantitative estimate of drug-likeness (QED) is 0.385. The molecule has 0 amide bonds. The van der Waals surface area contributed by atoms with E-state index in [0.717, 1.165) is 26.1 Å². The van der Waals surface area contributed by atoms with Crippen molar-refractivity contribution in [3.05, 3.63) is 0 Å². The van der Waals surface area contributed by atoms with Gasteiger partial charge in [-0.05, 0) is 31.6 Å². The fourth-order valence-electron chi connectivity index (χ4n) is 2.15. The van der Waals surface area contributed by atoms with Gasteiger partial charge in [0.25, 0.3) is 0 Å². The molecule has 0 bridgehead atoms. The van der Waals surface area contributed by atoms with Crippen LogP contribution < -0.4 is 0 Å². The van der Waals surface area contributed by atoms with Crippen molar-refractivity contribution < 1.29 is 4.74 Å². The fourth-order valence-corrected chi connectivity index (χ4v) is 2.55. The minimum absolute atomic E-state index is 0.405. The van der Waals surface area contributed by atoms with Crippen molar-refractivity contribution in [1.29, 1.82) is 0 Å². The Morgan fingerprint density at radius 1 is 1.14 bits per heavy atom. The minimum Gasteiger partial charge on any atom is -0.381 e. The first-order chi connectivity index (χ1) is 6.84. The second-order valence-electron chi connectivity index (χ2n) is 4.32. The highest BCUT2D eigenvalue weighted by Crippen LogP contribution is 2.29. The molecular weight excluding hydrogens is 196 g/mol. The predicted octanol–water partition coefficient (Wildman–Crippen LogP) is 3.99. The van der Waals surface area contributed by atoms with Gasteiger partial charge >= 0.3 is 0 Å². The van der Waals surface area contributed by atoms with Crippen LogP contribution in [-0.2, 0) is 4.74 Å². The summed E-state index contributed by atoms with van der Waals surface area (Å²) in [7, 11) is 0. The first kappa shape index (κ1) is 12.3. The second kappa shape index (κ2) is 7.53. The van der Waals surface area contributed by atoms with E-state index in [0.29, 0.717) is 11.3 Å². The molecule has 84 valence electrons. The Morgan fingerprint density at radius 3 is 2.71 bits per heavy atom. The Bertz CT molecular complexity index is 138. The molecule has 0 aromatic carbocycles. The molecule has 1 saturated carbocycles. The number of rotatable bonds is 5. The number of halogens is 1. The third kappa shape index (κ3) is 4.65. The summed E-state index contributed by atoms with van der Waals surface area (Å²) in [6.07, 6.45) is 8.85. The van der Waals surface area contributed by atoms with Crippen LogP contribution in [0.1, 0.15) is 51.9 Å². The van der Waals surface area contributed by atoms with Gasteiger partial charge in [0.05, 0.1) is 0 Å². The molecule has 0 spiro atoms. The molecule has 1 nitrogen and oxygen atoms in total. The van der Waals surface area contributed by atoms with Gasteiger partial charge in [0, 0.05) is 18.6 Å². The van der Waals surface area contributed by atoms with Crippen LogP contribution in [0.5, 0.6) is 0 Å². The smallest absolute Gasteiger partial charge is 0.0469 e. The molecule has 2 unspecified atom stereocenters. The molecule has 1 fully saturated rings. The zero-order valence-corrected chi connectivity index (χ0v) is 10.1. The summed E-state index contributed by atoms with van der Waals surface area (Å²) in [5.74, 6) is 0.705. The van der Waals surface area contributed by atoms with Crippen LogP contribution in [0, 0.1) is 5.92 Å². The largest absolute Gasteiger partial charge is 0.381 e. The Hall–Kier alpha value is 0.250. The van der Waals surface area contributed by atoms with Gasteiger partial charge in [0.1, 0.15) is 0 Å². The third-order valence-corrected chi connectivity index (χ3v) is 3.62. The molecule has 1 aliphatic carbocycles. The molecular formula is C12H23ClO. The van der Waals surface area contributed by atoms with E-state index in [9.17, 15) is 0 Å². The molecule has 0 N–H and O–H groups in total. The van der Waals surface area contributed by atoms with E-state index < -0.39 is 0 Å². The van der Waals surface area contributed by atoms with E-state index in [4.69, 9.17) is 16.3 Å². The van der Waals surface area contributed by atoms with Gasteiger partial charge in [-0.3, -0.25) is 0 Å². The van der Waals surface area contributed by atoms with Crippen LogP contribution in [0.15, 0.2) is 0 Å². The lowest BCUT2D eigenvalue weighted by molar-refractivity contribution is 0.118. The van der Waals surface area contributed by atoms with Gasteiger partial charge in [-0.25, -0.2) is 0 Å². The van der Waals surface area contributed by atoms with Crippen molar-refractivity contribution in [3.8, 4) is 0 Å². The number of hydrogen-bond acceptors (Lipinski definition) is 1. The van der Waals surface area contributed by atoms with Crippen LogP contribution in [-0.4, -0.2) is 18.6 Å². The summed E-state index contributed by atoms with van der Waals surface area (Å²) >= 11 is 6.34. The monoisotopic (exact) mass is 218 g/mol. The number of hydrogen-bond donors (Lipinski definition) is 0. The second-order valence-corrected chi connectivity index (χ2v) is 4.88. The number of ether oxygens (including phenoxy) is 1. The molecule has 14 heavy (non-hydrogen) atoms. The van der Waals surface area contributed by atoms with Gasteiger partial charge in [-0.15, -0.1) is 11.6 Å². The fraction of sp³-hybridized carbons (Fsp3) is 1.00. The molecule has 1 aliphatic rings. The molecule has 1 rings (SSSR count). The van der Waals surface area contributed by atoms with Gasteiger partial charge in [-0.1, -0.05) is 26.2 Å². The summed E-state index contributed by atoms with van der Waals surface area (Å²) in [4.78, 5) is 0. The van der Waals surface area contributed by atoms with Crippen LogP contribution in [0.3, 0.4) is 0 Å². The molecule has 0 radical (unpaired) electrons. The van der Waals surface area contributed by atoms with Gasteiger partial charge < -0.3 is 4.74 Å². The SMILES string of the molecule is CCCOCCC1CCCCCC1Cl. The van der Waals surface area contributed by atoms with Crippen molar-refractivity contribution in [2.75, 3.05) is 13.2 Å². The summed E-state index contributed by atoms with van der Waals surface area (Å²) in [6, 6.07) is 0. The Kier molecular flexibility index (Phi) is 6.63. The summed E-state index contributed by atoms with van der Waals surface area (Å²) in [5, 5.41) is 0.405. The standard InChI is InChI=1S/C12H23ClO/c1-2-9-14-10-8-11-6-4-3-5-7-12(11)13/h11-12H,2-10H2,1H3. The lowest BCUT2D eigenvalue weighted by Crippen LogP contribution is -2.15. The summed E-state index contributed by atoms with van der Waals surface area (Å²) in [5.41, 5.74) is 0. The maximum Gasteiger partial charge on any atom is 0.0469 e. The van der Waals surface area contributed by atoms with Gasteiger partial charge in [-0.2, -0.15) is 0 Å². The van der Waals surface area contributed by atoms with Crippen molar-refractivity contribution in [2.24, 2.45) is 5.92 Å². The maximum atomic E-state index is 6.34. The summed E-state index contributed by atoms with van der Waals surface area (Å²) in [6.45, 7) is 3.96. The Labute approximate surface area is 93.2 Å². The first-order valence-corrected chi connectivity index (χ1v) is 6.50. The minimum atomic E-state index is 0.405. The van der Waals surface area contributed by atoms with Crippen LogP contribution >= 0.6 is 11.6 Å². The van der Waals surface area contributed by atoms with E-state index >= 15 is 0 Å². The molecule has 2 atom stereocenters. The van der Waals surface area contributed by atoms with Crippen LogP contribution in [0.4, 0.5) is 0 Å². The zero-order valence-electron chi connectivity index (χ0n) is 9.30. The maximum absolute atomic E-state index is 6.34. The normalized spacial score (nSPS) is 28.7. The van der Waals surface area contributed by atoms with Crippen LogP contribution in [0.2, 0.25) is 0 Å². The third-order valence-electron chi connectivity index (χ3n) is 3.05.